The van der Waals surface area contributed by atoms with Crippen molar-refractivity contribution in [2.75, 3.05) is 93.4 Å². The van der Waals surface area contributed by atoms with Crippen LogP contribution in [-0.4, -0.2) is 126 Å². The zero-order valence-electron chi connectivity index (χ0n) is 18.5. The standard InChI is InChI=1S/C20H40N6O3/c1-24(2)19(27)17-22-20(21-7-4-8-25-12-15-29-16-13-25)23-18-5-9-26(10-6-18)11-14-28-3/h18H,4-17H2,1-3H3,(H2,21,22,23). The number of carbonyl (C=O) groups excluding carboxylic acids is 1. The number of nitrogens with zero attached hydrogens (tertiary/aromatic N) is 4. The molecule has 9 nitrogen and oxygen atoms in total. The lowest BCUT2D eigenvalue weighted by molar-refractivity contribution is -0.127. The smallest absolute Gasteiger partial charge is 0.243 e. The van der Waals surface area contributed by atoms with Gasteiger partial charge in [0.1, 0.15) is 6.54 Å². The maximum atomic E-state index is 11.9. The molecular formula is C20H40N6O3. The molecule has 2 aliphatic rings. The molecule has 0 aromatic carbocycles. The highest BCUT2D eigenvalue weighted by Gasteiger charge is 2.20. The molecule has 0 aromatic rings. The highest BCUT2D eigenvalue weighted by Crippen LogP contribution is 2.10. The number of rotatable bonds is 10. The molecule has 29 heavy (non-hydrogen) atoms. The first-order valence-corrected chi connectivity index (χ1v) is 10.8. The van der Waals surface area contributed by atoms with E-state index in [-0.39, 0.29) is 12.5 Å². The Hall–Kier alpha value is -1.42. The van der Waals surface area contributed by atoms with Crippen LogP contribution >= 0.6 is 0 Å². The maximum Gasteiger partial charge on any atom is 0.243 e. The second kappa shape index (κ2) is 13.7. The molecule has 0 aliphatic carbocycles. The van der Waals surface area contributed by atoms with Crippen LogP contribution in [0.4, 0.5) is 0 Å². The largest absolute Gasteiger partial charge is 0.383 e. The van der Waals surface area contributed by atoms with Crippen molar-refractivity contribution >= 4 is 11.9 Å². The molecule has 0 unspecified atom stereocenters. The third kappa shape index (κ3) is 9.75. The number of ether oxygens (including phenoxy) is 2. The molecular weight excluding hydrogens is 372 g/mol. The van der Waals surface area contributed by atoms with Gasteiger partial charge in [0.05, 0.1) is 19.8 Å². The lowest BCUT2D eigenvalue weighted by Gasteiger charge is -2.33. The molecule has 9 heteroatoms. The summed E-state index contributed by atoms with van der Waals surface area (Å²) in [5.74, 6) is 0.756. The first-order valence-electron chi connectivity index (χ1n) is 10.8. The number of likely N-dealkylation sites (tertiary alicyclic amines) is 1. The van der Waals surface area contributed by atoms with Gasteiger partial charge in [0.15, 0.2) is 5.96 Å². The molecule has 2 N–H and O–H groups in total. The number of carbonyl (C=O) groups is 1. The molecule has 2 heterocycles. The molecule has 2 aliphatic heterocycles. The van der Waals surface area contributed by atoms with Crippen LogP contribution in [-0.2, 0) is 14.3 Å². The van der Waals surface area contributed by atoms with Gasteiger partial charge in [0, 0.05) is 66.5 Å². The molecule has 2 fully saturated rings. The lowest BCUT2D eigenvalue weighted by atomic mass is 10.1. The lowest BCUT2D eigenvalue weighted by Crippen LogP contribution is -2.49. The van der Waals surface area contributed by atoms with Gasteiger partial charge in [-0.15, -0.1) is 0 Å². The topological polar surface area (TPSA) is 81.7 Å². The van der Waals surface area contributed by atoms with E-state index in [1.54, 1.807) is 26.1 Å². The number of nitrogens with one attached hydrogen (secondary N) is 2. The van der Waals surface area contributed by atoms with Crippen LogP contribution in [0.2, 0.25) is 0 Å². The molecule has 0 bridgehead atoms. The number of methoxy groups -OCH3 is 1. The van der Waals surface area contributed by atoms with Crippen LogP contribution in [0.5, 0.6) is 0 Å². The van der Waals surface area contributed by atoms with Gasteiger partial charge >= 0.3 is 0 Å². The monoisotopic (exact) mass is 412 g/mol. The summed E-state index contributed by atoms with van der Waals surface area (Å²) in [5.41, 5.74) is 0. The number of amides is 1. The minimum atomic E-state index is 0.00815. The van der Waals surface area contributed by atoms with E-state index in [1.165, 1.54) is 0 Å². The van der Waals surface area contributed by atoms with E-state index in [0.29, 0.717) is 6.04 Å². The van der Waals surface area contributed by atoms with Crippen LogP contribution in [0.15, 0.2) is 4.99 Å². The van der Waals surface area contributed by atoms with Crippen molar-refractivity contribution in [3.8, 4) is 0 Å². The van der Waals surface area contributed by atoms with Crippen molar-refractivity contribution < 1.29 is 14.3 Å². The first kappa shape index (κ1) is 23.9. The third-order valence-corrected chi connectivity index (χ3v) is 5.46. The van der Waals surface area contributed by atoms with Gasteiger partial charge in [-0.1, -0.05) is 0 Å². The fraction of sp³-hybridized carbons (Fsp3) is 0.900. The van der Waals surface area contributed by atoms with Crippen molar-refractivity contribution in [2.45, 2.75) is 25.3 Å². The van der Waals surface area contributed by atoms with Crippen LogP contribution in [0.25, 0.3) is 0 Å². The number of guanidine groups is 1. The molecule has 0 aromatic heterocycles. The molecule has 1 amide bonds. The van der Waals surface area contributed by atoms with Crippen molar-refractivity contribution in [2.24, 2.45) is 4.99 Å². The Bertz CT molecular complexity index is 489. The van der Waals surface area contributed by atoms with Gasteiger partial charge in [-0.2, -0.15) is 0 Å². The highest BCUT2D eigenvalue weighted by atomic mass is 16.5. The number of likely N-dealkylation sites (N-methyl/N-ethyl adjacent to an activating group) is 1. The van der Waals surface area contributed by atoms with Gasteiger partial charge in [-0.05, 0) is 25.8 Å². The maximum absolute atomic E-state index is 11.9. The van der Waals surface area contributed by atoms with Crippen molar-refractivity contribution in [3.05, 3.63) is 0 Å². The number of piperidine rings is 1. The van der Waals surface area contributed by atoms with Gasteiger partial charge in [0.2, 0.25) is 5.91 Å². The number of hydrogen-bond acceptors (Lipinski definition) is 6. The van der Waals surface area contributed by atoms with Gasteiger partial charge in [-0.3, -0.25) is 9.69 Å². The molecule has 0 spiro atoms. The first-order chi connectivity index (χ1) is 14.1. The van der Waals surface area contributed by atoms with Crippen LogP contribution in [0.3, 0.4) is 0 Å². The second-order valence-electron chi connectivity index (χ2n) is 7.94. The SMILES string of the molecule is COCCN1CCC(NC(=NCC(=O)N(C)C)NCCCN2CCOCC2)CC1. The average molecular weight is 413 g/mol. The Morgan fingerprint density at radius 1 is 1.14 bits per heavy atom. The van der Waals surface area contributed by atoms with E-state index in [0.717, 1.165) is 90.9 Å². The summed E-state index contributed by atoms with van der Waals surface area (Å²) in [6.45, 7) is 9.63. The van der Waals surface area contributed by atoms with Gasteiger partial charge in [-0.25, -0.2) is 4.99 Å². The quantitative estimate of drug-likeness (QED) is 0.283. The fourth-order valence-electron chi connectivity index (χ4n) is 3.49. The van der Waals surface area contributed by atoms with E-state index in [2.05, 4.69) is 25.4 Å². The zero-order valence-corrected chi connectivity index (χ0v) is 18.5. The Labute approximate surface area is 175 Å². The molecule has 2 rings (SSSR count). The minimum absolute atomic E-state index is 0.00815. The predicted octanol–water partition coefficient (Wildman–Crippen LogP) is -0.557. The van der Waals surface area contributed by atoms with E-state index in [1.807, 2.05) is 0 Å². The summed E-state index contributed by atoms with van der Waals surface area (Å²) < 4.78 is 10.6. The average Bonchev–Trinajstić information content (AvgIpc) is 2.74. The minimum Gasteiger partial charge on any atom is -0.383 e. The van der Waals surface area contributed by atoms with Crippen molar-refractivity contribution in [1.82, 2.24) is 25.3 Å². The van der Waals surface area contributed by atoms with E-state index in [4.69, 9.17) is 9.47 Å². The second-order valence-corrected chi connectivity index (χ2v) is 7.94. The summed E-state index contributed by atoms with van der Waals surface area (Å²) in [4.78, 5) is 22.9. The van der Waals surface area contributed by atoms with Gasteiger partial charge < -0.3 is 29.9 Å². The molecule has 0 atom stereocenters. The molecule has 168 valence electrons. The Morgan fingerprint density at radius 2 is 1.83 bits per heavy atom. The van der Waals surface area contributed by atoms with E-state index in [9.17, 15) is 4.79 Å². The molecule has 2 saturated heterocycles. The summed E-state index contributed by atoms with van der Waals surface area (Å²) in [6, 6.07) is 0.383. The Morgan fingerprint density at radius 3 is 2.48 bits per heavy atom. The molecule has 0 saturated carbocycles. The normalized spacial score (nSPS) is 19.9. The number of aliphatic imine (C=N–C) groups is 1. The number of morpholine rings is 1. The predicted molar refractivity (Wildman–Crippen MR) is 115 cm³/mol. The Kier molecular flexibility index (Phi) is 11.3. The fourth-order valence-corrected chi connectivity index (χ4v) is 3.49. The summed E-state index contributed by atoms with van der Waals surface area (Å²) >= 11 is 0. The van der Waals surface area contributed by atoms with E-state index < -0.39 is 0 Å². The van der Waals surface area contributed by atoms with Crippen LogP contribution in [0.1, 0.15) is 19.3 Å². The number of hydrogen-bond donors (Lipinski definition) is 2. The van der Waals surface area contributed by atoms with Crippen molar-refractivity contribution in [3.63, 3.8) is 0 Å². The summed E-state index contributed by atoms with van der Waals surface area (Å²) in [7, 11) is 5.27. The third-order valence-electron chi connectivity index (χ3n) is 5.46. The van der Waals surface area contributed by atoms with Crippen LogP contribution in [0, 0.1) is 0 Å². The van der Waals surface area contributed by atoms with E-state index >= 15 is 0 Å². The van der Waals surface area contributed by atoms with Crippen LogP contribution < -0.4 is 10.6 Å². The molecule has 0 radical (unpaired) electrons. The zero-order chi connectivity index (χ0) is 20.9. The highest BCUT2D eigenvalue weighted by molar-refractivity contribution is 5.84. The van der Waals surface area contributed by atoms with Crippen molar-refractivity contribution in [1.29, 1.82) is 0 Å². The summed E-state index contributed by atoms with van der Waals surface area (Å²) in [6.07, 6.45) is 3.18. The summed E-state index contributed by atoms with van der Waals surface area (Å²) in [5, 5.41) is 6.96. The van der Waals surface area contributed by atoms with Gasteiger partial charge in [0.25, 0.3) is 0 Å². The Balaban J connectivity index is 1.76.